The average molecular weight is 448 g/mol. The van der Waals surface area contributed by atoms with Gasteiger partial charge in [-0.1, -0.05) is 56.3 Å². The summed E-state index contributed by atoms with van der Waals surface area (Å²) in [4.78, 5) is 7.48. The maximum absolute atomic E-state index is 9.16. The summed E-state index contributed by atoms with van der Waals surface area (Å²) in [5.41, 5.74) is 4.10. The van der Waals surface area contributed by atoms with Crippen molar-refractivity contribution in [2.75, 3.05) is 12.3 Å². The van der Waals surface area contributed by atoms with E-state index in [1.807, 2.05) is 42.1 Å². The number of nitriles is 1. The van der Waals surface area contributed by atoms with E-state index >= 15 is 0 Å². The number of halogens is 2. The number of benzene rings is 2. The molecule has 0 unspecified atom stereocenters. The van der Waals surface area contributed by atoms with Crippen molar-refractivity contribution < 1.29 is 0 Å². The van der Waals surface area contributed by atoms with Crippen molar-refractivity contribution in [3.8, 4) is 6.07 Å². The van der Waals surface area contributed by atoms with Crippen molar-refractivity contribution in [1.29, 1.82) is 5.26 Å². The van der Waals surface area contributed by atoms with Crippen molar-refractivity contribution in [2.45, 2.75) is 39.7 Å². The van der Waals surface area contributed by atoms with E-state index in [4.69, 9.17) is 21.9 Å². The number of aryl methyl sites for hydroxylation is 1. The van der Waals surface area contributed by atoms with Crippen molar-refractivity contribution >= 4 is 46.6 Å². The number of hydrogen-bond donors (Lipinski definition) is 0. The van der Waals surface area contributed by atoms with Crippen LogP contribution in [-0.2, 0) is 12.8 Å². The van der Waals surface area contributed by atoms with E-state index < -0.39 is 0 Å². The minimum Gasteiger partial charge on any atom is -0.347 e. The third-order valence-electron chi connectivity index (χ3n) is 4.84. The largest absolute Gasteiger partial charge is 0.347 e. The molecule has 3 nitrogen and oxygen atoms in total. The van der Waals surface area contributed by atoms with Crippen molar-refractivity contribution in [3.63, 3.8) is 0 Å². The molecular weight excluding hydrogens is 421 g/mol. The van der Waals surface area contributed by atoms with Gasteiger partial charge >= 0.3 is 0 Å². The second-order valence-electron chi connectivity index (χ2n) is 7.54. The van der Waals surface area contributed by atoms with Crippen molar-refractivity contribution in [2.24, 2.45) is 10.9 Å². The summed E-state index contributed by atoms with van der Waals surface area (Å²) in [5, 5.41) is 11.0. The first kappa shape index (κ1) is 23.6. The Hall–Kier alpha value is -1.67. The summed E-state index contributed by atoms with van der Waals surface area (Å²) in [6.45, 7) is 7.59. The van der Waals surface area contributed by atoms with Gasteiger partial charge in [-0.2, -0.15) is 5.26 Å². The minimum absolute atomic E-state index is 0. The molecule has 0 N–H and O–H groups in total. The summed E-state index contributed by atoms with van der Waals surface area (Å²) in [6, 6.07) is 16.6. The summed E-state index contributed by atoms with van der Waals surface area (Å²) in [6.07, 6.45) is 1.86. The van der Waals surface area contributed by atoms with Crippen LogP contribution in [0.5, 0.6) is 0 Å². The fourth-order valence-corrected chi connectivity index (χ4v) is 4.75. The lowest BCUT2D eigenvalue weighted by Gasteiger charge is -2.28. The van der Waals surface area contributed by atoms with Gasteiger partial charge in [-0.15, -0.1) is 12.4 Å². The first-order valence-corrected chi connectivity index (χ1v) is 11.1. The maximum atomic E-state index is 9.16. The molecular formula is C23H27Cl2N3S. The molecule has 1 fully saturated rings. The molecule has 0 aromatic heterocycles. The summed E-state index contributed by atoms with van der Waals surface area (Å²) in [5.74, 6) is 1.59. The fourth-order valence-electron chi connectivity index (χ4n) is 3.43. The molecule has 1 atom stereocenters. The molecule has 6 heteroatoms. The first-order chi connectivity index (χ1) is 13.5. The Morgan fingerprint density at radius 3 is 2.59 bits per heavy atom. The van der Waals surface area contributed by atoms with Gasteiger partial charge in [0.2, 0.25) is 0 Å². The van der Waals surface area contributed by atoms with Crippen molar-refractivity contribution in [3.05, 3.63) is 64.2 Å². The molecule has 0 radical (unpaired) electrons. The van der Waals surface area contributed by atoms with Gasteiger partial charge in [-0.05, 0) is 60.2 Å². The third-order valence-corrected chi connectivity index (χ3v) is 6.23. The van der Waals surface area contributed by atoms with Gasteiger partial charge in [0.15, 0.2) is 5.17 Å². The number of thioether (sulfide) groups is 1. The van der Waals surface area contributed by atoms with Crippen LogP contribution < -0.4 is 0 Å². The van der Waals surface area contributed by atoms with E-state index in [2.05, 4.69) is 43.9 Å². The van der Waals surface area contributed by atoms with E-state index in [9.17, 15) is 0 Å². The third kappa shape index (κ3) is 6.15. The van der Waals surface area contributed by atoms with Crippen molar-refractivity contribution in [1.82, 2.24) is 4.90 Å². The number of hydrogen-bond acceptors (Lipinski definition) is 3. The van der Waals surface area contributed by atoms with Gasteiger partial charge in [0, 0.05) is 23.4 Å². The zero-order chi connectivity index (χ0) is 20.1. The van der Waals surface area contributed by atoms with Crippen LogP contribution in [0.4, 0.5) is 5.69 Å². The number of rotatable bonds is 6. The highest BCUT2D eigenvalue weighted by Gasteiger charge is 2.30. The number of amidine groups is 1. The van der Waals surface area contributed by atoms with Crippen LogP contribution >= 0.6 is 35.8 Å². The zero-order valence-corrected chi connectivity index (χ0v) is 19.4. The number of aliphatic imine (C=N–C) groups is 1. The van der Waals surface area contributed by atoms with Gasteiger partial charge in [0.25, 0.3) is 0 Å². The van der Waals surface area contributed by atoms with Gasteiger partial charge in [-0.3, -0.25) is 0 Å². The van der Waals surface area contributed by atoms with Gasteiger partial charge in [0.1, 0.15) is 0 Å². The molecule has 0 aliphatic carbocycles. The Morgan fingerprint density at radius 2 is 1.97 bits per heavy atom. The predicted molar refractivity (Wildman–Crippen MR) is 128 cm³/mol. The zero-order valence-electron chi connectivity index (χ0n) is 17.1. The number of nitrogens with zero attached hydrogens (tertiary/aromatic N) is 3. The lowest BCUT2D eigenvalue weighted by Crippen LogP contribution is -2.38. The van der Waals surface area contributed by atoms with Crippen LogP contribution in [0.2, 0.25) is 5.02 Å². The molecule has 1 heterocycles. The highest BCUT2D eigenvalue weighted by atomic mass is 35.5. The highest BCUT2D eigenvalue weighted by molar-refractivity contribution is 8.14. The standard InChI is InChI=1S/C23H26ClN3S.ClH/c1-4-19-11-18(13-25)7-10-22(19)26-23-27(14-16(2)3)21(15-28-23)12-17-5-8-20(24)9-6-17;/h5-11,16,21H,4,12,14-15H2,1-3H3;1H/b26-23-;/t21-;/m0./s1. The molecule has 2 aromatic rings. The maximum Gasteiger partial charge on any atom is 0.164 e. The fraction of sp³-hybridized carbons (Fsp3) is 0.391. The Balaban J connectivity index is 0.00000300. The monoisotopic (exact) mass is 447 g/mol. The SMILES string of the molecule is CCc1cc(C#N)ccc1/N=C1\SC[C@H](Cc2ccc(Cl)cc2)N1CC(C)C.Cl. The first-order valence-electron chi connectivity index (χ1n) is 9.75. The Bertz CT molecular complexity index is 888. The molecule has 0 bridgehead atoms. The minimum atomic E-state index is 0. The molecule has 29 heavy (non-hydrogen) atoms. The normalized spacial score (nSPS) is 17.4. The molecule has 0 amide bonds. The average Bonchev–Trinajstić information content (AvgIpc) is 3.04. The van der Waals surface area contributed by atoms with E-state index in [1.165, 1.54) is 5.56 Å². The second-order valence-corrected chi connectivity index (χ2v) is 8.97. The highest BCUT2D eigenvalue weighted by Crippen LogP contribution is 2.31. The lowest BCUT2D eigenvalue weighted by atomic mass is 10.1. The van der Waals surface area contributed by atoms with E-state index in [-0.39, 0.29) is 12.4 Å². The lowest BCUT2D eigenvalue weighted by molar-refractivity contribution is 0.311. The van der Waals surface area contributed by atoms with E-state index in [0.717, 1.165) is 46.6 Å². The van der Waals surface area contributed by atoms with Gasteiger partial charge < -0.3 is 4.90 Å². The van der Waals surface area contributed by atoms with Crippen LogP contribution in [0.15, 0.2) is 47.5 Å². The Labute approximate surface area is 189 Å². The topological polar surface area (TPSA) is 39.4 Å². The molecule has 3 rings (SSSR count). The predicted octanol–water partition coefficient (Wildman–Crippen LogP) is 6.50. The Morgan fingerprint density at radius 1 is 1.24 bits per heavy atom. The molecule has 1 saturated heterocycles. The van der Waals surface area contributed by atoms with E-state index in [1.54, 1.807) is 0 Å². The van der Waals surface area contributed by atoms with E-state index in [0.29, 0.717) is 17.5 Å². The van der Waals surface area contributed by atoms with Crippen LogP contribution in [0.25, 0.3) is 0 Å². The second kappa shape index (κ2) is 10.9. The van der Waals surface area contributed by atoms with Crippen LogP contribution in [-0.4, -0.2) is 28.4 Å². The molecule has 2 aromatic carbocycles. The molecule has 1 aliphatic rings. The Kier molecular flexibility index (Phi) is 8.89. The molecule has 154 valence electrons. The van der Waals surface area contributed by atoms with Crippen LogP contribution in [0.1, 0.15) is 37.5 Å². The van der Waals surface area contributed by atoms with Crippen LogP contribution in [0, 0.1) is 17.2 Å². The molecule has 0 spiro atoms. The smallest absolute Gasteiger partial charge is 0.164 e. The van der Waals surface area contributed by atoms with Crippen LogP contribution in [0.3, 0.4) is 0 Å². The van der Waals surface area contributed by atoms with Gasteiger partial charge in [0.05, 0.1) is 17.3 Å². The molecule has 0 saturated carbocycles. The summed E-state index contributed by atoms with van der Waals surface area (Å²) >= 11 is 7.87. The summed E-state index contributed by atoms with van der Waals surface area (Å²) in [7, 11) is 0. The summed E-state index contributed by atoms with van der Waals surface area (Å²) < 4.78 is 0. The van der Waals surface area contributed by atoms with Gasteiger partial charge in [-0.25, -0.2) is 4.99 Å². The quantitative estimate of drug-likeness (QED) is 0.506. The molecule has 1 aliphatic heterocycles.